The first kappa shape index (κ1) is 16.5. The van der Waals surface area contributed by atoms with Crippen LogP contribution in [0.2, 0.25) is 0 Å². The molecule has 1 aromatic rings. The van der Waals surface area contributed by atoms with Crippen LogP contribution < -0.4 is 10.0 Å². The average Bonchev–Trinajstić information content (AvgIpc) is 2.48. The van der Waals surface area contributed by atoms with Gasteiger partial charge in [-0.25, -0.2) is 17.9 Å². The average molecular weight is 324 g/mol. The zero-order valence-corrected chi connectivity index (χ0v) is 13.1. The number of amides is 2. The Morgan fingerprint density at radius 1 is 1.14 bits per heavy atom. The number of urea groups is 1. The van der Waals surface area contributed by atoms with Crippen molar-refractivity contribution in [1.29, 1.82) is 0 Å². The van der Waals surface area contributed by atoms with Crippen LogP contribution in [0.4, 0.5) is 4.79 Å². The van der Waals surface area contributed by atoms with E-state index in [1.54, 1.807) is 12.1 Å². The molecule has 0 bridgehead atoms. The molecule has 7 heteroatoms. The molecule has 6 nitrogen and oxygen atoms in total. The largest absolute Gasteiger partial charge is 0.335 e. The predicted octanol–water partition coefficient (Wildman–Crippen LogP) is 1.75. The lowest BCUT2D eigenvalue weighted by Crippen LogP contribution is -2.45. The number of rotatable bonds is 5. The lowest BCUT2D eigenvalue weighted by molar-refractivity contribution is -0.107. The molecule has 0 radical (unpaired) electrons. The van der Waals surface area contributed by atoms with Gasteiger partial charge in [-0.15, -0.1) is 0 Å². The highest BCUT2D eigenvalue weighted by Gasteiger charge is 2.21. The van der Waals surface area contributed by atoms with E-state index in [0.717, 1.165) is 44.0 Å². The minimum absolute atomic E-state index is 0.000873. The SMILES string of the molecule is O=CCc1ccc(S(=O)(=O)NC(=O)NC2CCCCC2)cc1. The van der Waals surface area contributed by atoms with Gasteiger partial charge in [-0.2, -0.15) is 0 Å². The summed E-state index contributed by atoms with van der Waals surface area (Å²) in [6.07, 6.45) is 6.01. The van der Waals surface area contributed by atoms with Crippen LogP contribution in [-0.2, 0) is 21.2 Å². The fraction of sp³-hybridized carbons (Fsp3) is 0.467. The third-order valence-electron chi connectivity index (χ3n) is 3.72. The minimum Gasteiger partial charge on any atom is -0.335 e. The van der Waals surface area contributed by atoms with E-state index in [2.05, 4.69) is 5.32 Å². The van der Waals surface area contributed by atoms with Crippen LogP contribution in [0.3, 0.4) is 0 Å². The van der Waals surface area contributed by atoms with E-state index >= 15 is 0 Å². The van der Waals surface area contributed by atoms with Crippen molar-refractivity contribution >= 4 is 22.3 Å². The van der Waals surface area contributed by atoms with Gasteiger partial charge >= 0.3 is 6.03 Å². The van der Waals surface area contributed by atoms with Gasteiger partial charge in [0.15, 0.2) is 0 Å². The topological polar surface area (TPSA) is 92.3 Å². The van der Waals surface area contributed by atoms with E-state index in [4.69, 9.17) is 0 Å². The maximum Gasteiger partial charge on any atom is 0.328 e. The Labute approximate surface area is 130 Å². The molecule has 1 aliphatic rings. The fourth-order valence-electron chi connectivity index (χ4n) is 2.54. The second kappa shape index (κ2) is 7.40. The summed E-state index contributed by atoms with van der Waals surface area (Å²) in [5.74, 6) is 0. The van der Waals surface area contributed by atoms with Crippen molar-refractivity contribution < 1.29 is 18.0 Å². The highest BCUT2D eigenvalue weighted by molar-refractivity contribution is 7.90. The van der Waals surface area contributed by atoms with Crippen molar-refractivity contribution in [2.75, 3.05) is 0 Å². The van der Waals surface area contributed by atoms with Gasteiger partial charge < -0.3 is 10.1 Å². The van der Waals surface area contributed by atoms with Gasteiger partial charge in [0.25, 0.3) is 10.0 Å². The van der Waals surface area contributed by atoms with Crippen molar-refractivity contribution in [3.63, 3.8) is 0 Å². The Balaban J connectivity index is 1.97. The number of carbonyl (C=O) groups is 2. The summed E-state index contributed by atoms with van der Waals surface area (Å²) >= 11 is 0. The zero-order chi connectivity index (χ0) is 16.0. The Hall–Kier alpha value is -1.89. The summed E-state index contributed by atoms with van der Waals surface area (Å²) in [7, 11) is -3.89. The van der Waals surface area contributed by atoms with Gasteiger partial charge in [0.05, 0.1) is 4.90 Å². The molecule has 0 unspecified atom stereocenters. The fourth-order valence-corrected chi connectivity index (χ4v) is 3.46. The van der Waals surface area contributed by atoms with E-state index < -0.39 is 16.1 Å². The molecule has 0 heterocycles. The maximum atomic E-state index is 12.1. The second-order valence-corrected chi connectivity index (χ2v) is 7.11. The molecule has 2 N–H and O–H groups in total. The molecule has 1 saturated carbocycles. The zero-order valence-electron chi connectivity index (χ0n) is 12.2. The van der Waals surface area contributed by atoms with E-state index in [1.165, 1.54) is 12.1 Å². The number of sulfonamides is 1. The van der Waals surface area contributed by atoms with Crippen LogP contribution in [0.15, 0.2) is 29.2 Å². The van der Waals surface area contributed by atoms with Gasteiger partial charge in [-0.05, 0) is 30.5 Å². The Morgan fingerprint density at radius 2 is 1.77 bits per heavy atom. The molecule has 2 amide bonds. The normalized spacial score (nSPS) is 16.0. The number of nitrogens with one attached hydrogen (secondary N) is 2. The summed E-state index contributed by atoms with van der Waals surface area (Å²) in [6, 6.07) is 5.23. The summed E-state index contributed by atoms with van der Waals surface area (Å²) in [5, 5.41) is 2.70. The summed E-state index contributed by atoms with van der Waals surface area (Å²) < 4.78 is 26.2. The number of hydrogen-bond donors (Lipinski definition) is 2. The smallest absolute Gasteiger partial charge is 0.328 e. The third-order valence-corrected chi connectivity index (χ3v) is 5.07. The standard InChI is InChI=1S/C15H20N2O4S/c18-11-10-12-6-8-14(9-7-12)22(20,21)17-15(19)16-13-4-2-1-3-5-13/h6-9,11,13H,1-5,10H2,(H2,16,17,19). The van der Waals surface area contributed by atoms with Gasteiger partial charge in [-0.1, -0.05) is 31.4 Å². The van der Waals surface area contributed by atoms with Crippen LogP contribution in [0.1, 0.15) is 37.7 Å². The lowest BCUT2D eigenvalue weighted by atomic mass is 9.96. The molecule has 1 fully saturated rings. The molecule has 2 rings (SSSR count). The number of benzene rings is 1. The van der Waals surface area contributed by atoms with E-state index in [0.29, 0.717) is 0 Å². The Morgan fingerprint density at radius 3 is 2.36 bits per heavy atom. The summed E-state index contributed by atoms with van der Waals surface area (Å²) in [5.41, 5.74) is 0.723. The van der Waals surface area contributed by atoms with Gasteiger partial charge in [0.1, 0.15) is 6.29 Å². The van der Waals surface area contributed by atoms with Crippen LogP contribution in [0.5, 0.6) is 0 Å². The molecule has 0 aliphatic heterocycles. The third kappa shape index (κ3) is 4.56. The monoisotopic (exact) mass is 324 g/mol. The summed E-state index contributed by atoms with van der Waals surface area (Å²) in [6.45, 7) is 0. The molecule has 0 saturated heterocycles. The van der Waals surface area contributed by atoms with E-state index in [-0.39, 0.29) is 17.4 Å². The van der Waals surface area contributed by atoms with Crippen LogP contribution >= 0.6 is 0 Å². The first-order valence-corrected chi connectivity index (χ1v) is 8.85. The van der Waals surface area contributed by atoms with Gasteiger partial charge in [0, 0.05) is 12.5 Å². The molecular weight excluding hydrogens is 304 g/mol. The molecule has 0 atom stereocenters. The van der Waals surface area contributed by atoms with Crippen molar-refractivity contribution in [3.8, 4) is 0 Å². The van der Waals surface area contributed by atoms with Gasteiger partial charge in [0.2, 0.25) is 0 Å². The quantitative estimate of drug-likeness (QED) is 0.807. The van der Waals surface area contributed by atoms with Crippen LogP contribution in [0, 0.1) is 0 Å². The molecule has 1 aliphatic carbocycles. The molecular formula is C15H20N2O4S. The molecule has 1 aromatic carbocycles. The number of aldehydes is 1. The number of carbonyl (C=O) groups excluding carboxylic acids is 2. The highest BCUT2D eigenvalue weighted by Crippen LogP contribution is 2.17. The Bertz CT molecular complexity index is 619. The predicted molar refractivity (Wildman–Crippen MR) is 81.9 cm³/mol. The van der Waals surface area contributed by atoms with E-state index in [9.17, 15) is 18.0 Å². The van der Waals surface area contributed by atoms with E-state index in [1.807, 2.05) is 4.72 Å². The molecule has 0 aromatic heterocycles. The van der Waals surface area contributed by atoms with Crippen LogP contribution in [-0.4, -0.2) is 26.8 Å². The Kier molecular flexibility index (Phi) is 5.54. The first-order chi connectivity index (χ1) is 10.5. The number of hydrogen-bond acceptors (Lipinski definition) is 4. The first-order valence-electron chi connectivity index (χ1n) is 7.37. The summed E-state index contributed by atoms with van der Waals surface area (Å²) in [4.78, 5) is 22.2. The van der Waals surface area contributed by atoms with Crippen molar-refractivity contribution in [2.24, 2.45) is 0 Å². The second-order valence-electron chi connectivity index (χ2n) is 5.43. The molecule has 0 spiro atoms. The maximum absolute atomic E-state index is 12.1. The van der Waals surface area contributed by atoms with Crippen molar-refractivity contribution in [2.45, 2.75) is 49.5 Å². The van der Waals surface area contributed by atoms with Crippen molar-refractivity contribution in [3.05, 3.63) is 29.8 Å². The molecule has 22 heavy (non-hydrogen) atoms. The van der Waals surface area contributed by atoms with Crippen molar-refractivity contribution in [1.82, 2.24) is 10.0 Å². The lowest BCUT2D eigenvalue weighted by Gasteiger charge is -2.22. The highest BCUT2D eigenvalue weighted by atomic mass is 32.2. The molecule has 120 valence electrons. The van der Waals surface area contributed by atoms with Gasteiger partial charge in [-0.3, -0.25) is 0 Å². The minimum atomic E-state index is -3.89. The van der Waals surface area contributed by atoms with Crippen LogP contribution in [0.25, 0.3) is 0 Å².